The fraction of sp³-hybridized carbons (Fsp3) is 0.421. The number of anilines is 1. The minimum absolute atomic E-state index is 0.0116. The molecule has 0 atom stereocenters. The summed E-state index contributed by atoms with van der Waals surface area (Å²) in [7, 11) is 0. The molecule has 1 aromatic carbocycles. The number of nitrogens with zero attached hydrogens (tertiary/aromatic N) is 2. The first-order valence-electron chi connectivity index (χ1n) is 8.80. The molecule has 6 heteroatoms. The number of piperidine rings is 1. The molecule has 0 saturated carbocycles. The highest BCUT2D eigenvalue weighted by Crippen LogP contribution is 2.43. The number of hydrogen-bond acceptors (Lipinski definition) is 2. The maximum absolute atomic E-state index is 13.7. The lowest BCUT2D eigenvalue weighted by Crippen LogP contribution is -2.53. The molecule has 1 spiro atoms. The summed E-state index contributed by atoms with van der Waals surface area (Å²) in [6.07, 6.45) is 3.60. The zero-order valence-electron chi connectivity index (χ0n) is 14.6. The van der Waals surface area contributed by atoms with E-state index in [9.17, 15) is 9.18 Å². The average Bonchev–Trinajstić information content (AvgIpc) is 3.05. The number of halogens is 1. The van der Waals surface area contributed by atoms with Gasteiger partial charge in [0.2, 0.25) is 0 Å². The second-order valence-corrected chi connectivity index (χ2v) is 7.22. The Hall–Kier alpha value is -2.50. The Bertz CT molecular complexity index is 806. The number of hydrogen-bond donors (Lipinski definition) is 2. The van der Waals surface area contributed by atoms with Crippen molar-refractivity contribution < 1.29 is 9.18 Å². The third-order valence-corrected chi connectivity index (χ3v) is 5.15. The van der Waals surface area contributed by atoms with Crippen LogP contribution in [0.25, 0.3) is 5.69 Å². The summed E-state index contributed by atoms with van der Waals surface area (Å²) in [5.41, 5.74) is 2.69. The van der Waals surface area contributed by atoms with E-state index in [4.69, 9.17) is 0 Å². The van der Waals surface area contributed by atoms with Crippen molar-refractivity contribution in [3.05, 3.63) is 48.0 Å². The minimum Gasteiger partial charge on any atom is -0.372 e. The highest BCUT2D eigenvalue weighted by Gasteiger charge is 2.42. The van der Waals surface area contributed by atoms with Crippen molar-refractivity contribution in [2.24, 2.45) is 0 Å². The number of nitrogens with one attached hydrogen (secondary N) is 2. The van der Waals surface area contributed by atoms with Crippen molar-refractivity contribution in [3.63, 3.8) is 0 Å². The molecule has 1 fully saturated rings. The van der Waals surface area contributed by atoms with Crippen LogP contribution in [0.15, 0.2) is 36.5 Å². The first-order chi connectivity index (χ1) is 12.0. The van der Waals surface area contributed by atoms with Gasteiger partial charge in [0, 0.05) is 31.0 Å². The van der Waals surface area contributed by atoms with Crippen molar-refractivity contribution in [1.29, 1.82) is 0 Å². The molecule has 2 N–H and O–H groups in total. The third-order valence-electron chi connectivity index (χ3n) is 5.15. The summed E-state index contributed by atoms with van der Waals surface area (Å²) in [6, 6.07) is 9.10. The summed E-state index contributed by atoms with van der Waals surface area (Å²) in [4.78, 5) is 14.1. The molecule has 2 amide bonds. The first-order valence-corrected chi connectivity index (χ1v) is 8.80. The van der Waals surface area contributed by atoms with Gasteiger partial charge in [-0.2, -0.15) is 0 Å². The highest BCUT2D eigenvalue weighted by molar-refractivity contribution is 5.75. The number of rotatable bonds is 1. The Labute approximate surface area is 146 Å². The van der Waals surface area contributed by atoms with Crippen molar-refractivity contribution in [3.8, 4) is 5.69 Å². The molecule has 2 aliphatic heterocycles. The molecule has 0 aliphatic carbocycles. The molecule has 5 nitrogen and oxygen atoms in total. The van der Waals surface area contributed by atoms with Crippen LogP contribution in [0.2, 0.25) is 0 Å². The Morgan fingerprint density at radius 3 is 2.76 bits per heavy atom. The van der Waals surface area contributed by atoms with E-state index >= 15 is 0 Å². The second-order valence-electron chi connectivity index (χ2n) is 7.22. The molecule has 0 unspecified atom stereocenters. The van der Waals surface area contributed by atoms with E-state index in [2.05, 4.69) is 21.3 Å². The summed E-state index contributed by atoms with van der Waals surface area (Å²) < 4.78 is 15.9. The summed E-state index contributed by atoms with van der Waals surface area (Å²) >= 11 is 0. The van der Waals surface area contributed by atoms with Crippen molar-refractivity contribution in [2.45, 2.75) is 38.3 Å². The molecule has 132 valence electrons. The minimum atomic E-state index is -0.265. The van der Waals surface area contributed by atoms with Gasteiger partial charge in [0.1, 0.15) is 5.82 Å². The zero-order valence-corrected chi connectivity index (χ0v) is 14.6. The Balaban J connectivity index is 1.61. The van der Waals surface area contributed by atoms with Gasteiger partial charge in [-0.15, -0.1) is 0 Å². The van der Waals surface area contributed by atoms with Gasteiger partial charge < -0.3 is 20.1 Å². The van der Waals surface area contributed by atoms with Crippen LogP contribution >= 0.6 is 0 Å². The molecular weight excluding hydrogens is 319 g/mol. The summed E-state index contributed by atoms with van der Waals surface area (Å²) in [5.74, 6) is -0.245. The molecule has 1 saturated heterocycles. The van der Waals surface area contributed by atoms with Crippen LogP contribution in [0.5, 0.6) is 0 Å². The van der Waals surface area contributed by atoms with E-state index < -0.39 is 0 Å². The van der Waals surface area contributed by atoms with E-state index in [0.717, 1.165) is 24.2 Å². The van der Waals surface area contributed by atoms with Gasteiger partial charge in [-0.3, -0.25) is 0 Å². The highest BCUT2D eigenvalue weighted by atomic mass is 19.1. The van der Waals surface area contributed by atoms with Gasteiger partial charge >= 0.3 is 6.03 Å². The van der Waals surface area contributed by atoms with Crippen molar-refractivity contribution in [1.82, 2.24) is 14.8 Å². The van der Waals surface area contributed by atoms with Gasteiger partial charge in [-0.05, 0) is 57.0 Å². The Morgan fingerprint density at radius 2 is 2.04 bits per heavy atom. The number of urea groups is 1. The lowest BCUT2D eigenvalue weighted by Gasteiger charge is -2.46. The topological polar surface area (TPSA) is 49.3 Å². The largest absolute Gasteiger partial charge is 0.372 e. The number of carbonyl (C=O) groups is 1. The monoisotopic (exact) mass is 342 g/mol. The van der Waals surface area contributed by atoms with E-state index in [1.807, 2.05) is 31.0 Å². The number of likely N-dealkylation sites (tertiary alicyclic amines) is 1. The van der Waals surface area contributed by atoms with Crippen LogP contribution in [-0.2, 0) is 5.54 Å². The number of amides is 2. The van der Waals surface area contributed by atoms with E-state index in [0.29, 0.717) is 13.1 Å². The molecule has 4 rings (SSSR count). The van der Waals surface area contributed by atoms with E-state index in [-0.39, 0.29) is 23.4 Å². The summed E-state index contributed by atoms with van der Waals surface area (Å²) in [5, 5.41) is 6.53. The molecule has 0 bridgehead atoms. The molecule has 0 radical (unpaired) electrons. The second kappa shape index (κ2) is 5.79. The quantitative estimate of drug-likeness (QED) is 0.834. The Morgan fingerprint density at radius 1 is 1.28 bits per heavy atom. The van der Waals surface area contributed by atoms with Crippen LogP contribution in [0.1, 0.15) is 32.4 Å². The average molecular weight is 342 g/mol. The van der Waals surface area contributed by atoms with Gasteiger partial charge in [0.15, 0.2) is 0 Å². The maximum Gasteiger partial charge on any atom is 0.317 e. The smallest absolute Gasteiger partial charge is 0.317 e. The molecular formula is C19H23FN4O. The van der Waals surface area contributed by atoms with Gasteiger partial charge in [-0.25, -0.2) is 9.18 Å². The zero-order chi connectivity index (χ0) is 17.6. The van der Waals surface area contributed by atoms with Gasteiger partial charge in [0.25, 0.3) is 0 Å². The van der Waals surface area contributed by atoms with Crippen molar-refractivity contribution >= 4 is 11.7 Å². The lowest BCUT2D eigenvalue weighted by atomic mass is 9.82. The third kappa shape index (κ3) is 2.65. The number of benzene rings is 1. The van der Waals surface area contributed by atoms with Gasteiger partial charge in [0.05, 0.1) is 16.9 Å². The Kier molecular flexibility index (Phi) is 3.71. The number of aromatic nitrogens is 1. The fourth-order valence-electron chi connectivity index (χ4n) is 3.93. The van der Waals surface area contributed by atoms with Crippen LogP contribution in [0.3, 0.4) is 0 Å². The van der Waals surface area contributed by atoms with Gasteiger partial charge in [-0.1, -0.05) is 0 Å². The van der Waals surface area contributed by atoms with E-state index in [1.165, 1.54) is 11.8 Å². The van der Waals surface area contributed by atoms with Crippen LogP contribution in [-0.4, -0.2) is 34.6 Å². The molecule has 25 heavy (non-hydrogen) atoms. The summed E-state index contributed by atoms with van der Waals surface area (Å²) in [6.45, 7) is 5.26. The molecule has 2 aromatic rings. The normalized spacial score (nSPS) is 17.8. The number of carbonyl (C=O) groups excluding carboxylic acids is 1. The molecule has 1 aromatic heterocycles. The molecule has 3 heterocycles. The van der Waals surface area contributed by atoms with E-state index in [1.54, 1.807) is 12.1 Å². The fourth-order valence-corrected chi connectivity index (χ4v) is 3.93. The SMILES string of the molecule is CC(C)NC(=O)N1CCC2(CC1)Nc1cc(F)ccc1-n1cccc12. The first kappa shape index (κ1) is 16.0. The maximum atomic E-state index is 13.7. The molecule has 2 aliphatic rings. The van der Waals surface area contributed by atoms with Crippen molar-refractivity contribution in [2.75, 3.05) is 18.4 Å². The standard InChI is InChI=1S/C19H23FN4O/c1-13(2)21-18(25)23-10-7-19(8-11-23)17-4-3-9-24(17)16-6-5-14(20)12-15(16)22-19/h3-6,9,12-13,22H,7-8,10-11H2,1-2H3,(H,21,25). The predicted octanol–water partition coefficient (Wildman–Crippen LogP) is 3.45. The number of fused-ring (bicyclic) bond motifs is 4. The van der Waals surface area contributed by atoms with Crippen LogP contribution < -0.4 is 10.6 Å². The lowest BCUT2D eigenvalue weighted by molar-refractivity contribution is 0.161. The predicted molar refractivity (Wildman–Crippen MR) is 95.5 cm³/mol. The van der Waals surface area contributed by atoms with Crippen LogP contribution in [0, 0.1) is 5.82 Å². The van der Waals surface area contributed by atoms with Crippen LogP contribution in [0.4, 0.5) is 14.9 Å².